The topological polar surface area (TPSA) is 111 Å². The molecule has 1 aliphatic heterocycles. The summed E-state index contributed by atoms with van der Waals surface area (Å²) in [6, 6.07) is 9.92. The van der Waals surface area contributed by atoms with Crippen LogP contribution in [0.1, 0.15) is 34.7 Å². The summed E-state index contributed by atoms with van der Waals surface area (Å²) >= 11 is 0. The van der Waals surface area contributed by atoms with Crippen LogP contribution in [0.15, 0.2) is 65.2 Å². The Balaban J connectivity index is 1.40. The number of likely N-dealkylation sites (tertiary alicyclic amines) is 1. The summed E-state index contributed by atoms with van der Waals surface area (Å²) in [5.74, 6) is 0.0995. The molecule has 1 N–H and O–H groups in total. The molecule has 0 bridgehead atoms. The molecule has 9 nitrogen and oxygen atoms in total. The van der Waals surface area contributed by atoms with Crippen LogP contribution in [0.5, 0.6) is 11.6 Å². The van der Waals surface area contributed by atoms with Gasteiger partial charge in [-0.15, -0.1) is 0 Å². The van der Waals surface area contributed by atoms with Crippen molar-refractivity contribution < 1.29 is 23.5 Å². The third-order valence-electron chi connectivity index (χ3n) is 6.21. The van der Waals surface area contributed by atoms with Crippen LogP contribution in [-0.2, 0) is 4.79 Å². The molecule has 5 rings (SSSR count). The lowest BCUT2D eigenvalue weighted by Crippen LogP contribution is -2.40. The number of oxazole rings is 1. The first-order valence-electron chi connectivity index (χ1n) is 11.2. The van der Waals surface area contributed by atoms with E-state index in [-0.39, 0.29) is 5.56 Å². The fraction of sp³-hybridized carbons (Fsp3) is 0.231. The molecule has 4 heterocycles. The highest BCUT2D eigenvalue weighted by atomic mass is 16.5. The van der Waals surface area contributed by atoms with Gasteiger partial charge in [0.05, 0.1) is 37.6 Å². The third kappa shape index (κ3) is 4.05. The number of methoxy groups -OCH3 is 2. The predicted octanol–water partition coefficient (Wildman–Crippen LogP) is 3.88. The van der Waals surface area contributed by atoms with Gasteiger partial charge in [-0.2, -0.15) is 0 Å². The Labute approximate surface area is 201 Å². The number of ketones is 1. The van der Waals surface area contributed by atoms with E-state index in [1.807, 2.05) is 30.3 Å². The maximum atomic E-state index is 13.2. The molecule has 1 saturated heterocycles. The van der Waals surface area contributed by atoms with Crippen LogP contribution in [0, 0.1) is 0 Å². The highest BCUT2D eigenvalue weighted by Crippen LogP contribution is 2.34. The predicted molar refractivity (Wildman–Crippen MR) is 128 cm³/mol. The summed E-state index contributed by atoms with van der Waals surface area (Å²) in [6.45, 7) is 0.836. The number of piperidine rings is 1. The van der Waals surface area contributed by atoms with Gasteiger partial charge in [0.2, 0.25) is 11.8 Å². The van der Waals surface area contributed by atoms with Gasteiger partial charge < -0.3 is 23.8 Å². The van der Waals surface area contributed by atoms with Crippen LogP contribution < -0.4 is 9.47 Å². The minimum absolute atomic E-state index is 0.230. The van der Waals surface area contributed by atoms with E-state index in [0.717, 1.165) is 16.7 Å². The summed E-state index contributed by atoms with van der Waals surface area (Å²) < 4.78 is 16.3. The maximum absolute atomic E-state index is 13.2. The van der Waals surface area contributed by atoms with Gasteiger partial charge in [-0.1, -0.05) is 35.9 Å². The molecule has 0 radical (unpaired) electrons. The monoisotopic (exact) mass is 472 g/mol. The number of amides is 1. The average Bonchev–Trinajstić information content (AvgIpc) is 3.59. The molecule has 178 valence electrons. The number of H-pyrrole nitrogens is 1. The summed E-state index contributed by atoms with van der Waals surface area (Å²) in [4.78, 5) is 39.6. The second-order valence-corrected chi connectivity index (χ2v) is 8.09. The third-order valence-corrected chi connectivity index (χ3v) is 6.21. The molecule has 35 heavy (non-hydrogen) atoms. The Bertz CT molecular complexity index is 1400. The fourth-order valence-corrected chi connectivity index (χ4v) is 4.50. The molecule has 0 aliphatic carbocycles. The van der Waals surface area contributed by atoms with E-state index in [2.05, 4.69) is 15.0 Å². The number of nitrogens with one attached hydrogen (secondary N) is 1. The van der Waals surface area contributed by atoms with Crippen molar-refractivity contribution in [3.05, 3.63) is 77.8 Å². The number of ether oxygens (including phenoxy) is 2. The van der Waals surface area contributed by atoms with E-state index in [0.29, 0.717) is 54.4 Å². The molecular weight excluding hydrogens is 448 g/mol. The van der Waals surface area contributed by atoms with Crippen molar-refractivity contribution in [3.8, 4) is 11.6 Å². The number of hydrogen-bond donors (Lipinski definition) is 1. The number of Topliss-reactive ketones (excluding diaryl/α,β-unsaturated/α-hetero) is 1. The van der Waals surface area contributed by atoms with Crippen molar-refractivity contribution in [2.45, 2.75) is 12.8 Å². The largest absolute Gasteiger partial charge is 0.494 e. The summed E-state index contributed by atoms with van der Waals surface area (Å²) in [6.07, 6.45) is 7.37. The van der Waals surface area contributed by atoms with E-state index in [9.17, 15) is 9.59 Å². The Morgan fingerprint density at radius 1 is 1.06 bits per heavy atom. The van der Waals surface area contributed by atoms with Crippen molar-refractivity contribution >= 4 is 28.2 Å². The Hall–Kier alpha value is -4.40. The molecule has 0 atom stereocenters. The van der Waals surface area contributed by atoms with E-state index in [1.54, 1.807) is 17.4 Å². The highest BCUT2D eigenvalue weighted by molar-refractivity contribution is 6.45. The summed E-state index contributed by atoms with van der Waals surface area (Å²) in [5.41, 5.74) is 3.82. The van der Waals surface area contributed by atoms with E-state index in [1.165, 1.54) is 26.6 Å². The number of carbonyl (C=O) groups is 2. The van der Waals surface area contributed by atoms with Crippen molar-refractivity contribution in [2.24, 2.45) is 0 Å². The molecule has 1 aliphatic rings. The molecule has 4 aromatic rings. The first-order chi connectivity index (χ1) is 17.1. The van der Waals surface area contributed by atoms with E-state index >= 15 is 0 Å². The summed E-state index contributed by atoms with van der Waals surface area (Å²) in [5, 5.41) is 0.477. The first kappa shape index (κ1) is 22.4. The minimum atomic E-state index is -0.605. The van der Waals surface area contributed by atoms with Gasteiger partial charge in [-0.3, -0.25) is 9.59 Å². The zero-order chi connectivity index (χ0) is 24.4. The van der Waals surface area contributed by atoms with E-state index in [4.69, 9.17) is 13.9 Å². The Morgan fingerprint density at radius 3 is 2.49 bits per heavy atom. The summed E-state index contributed by atoms with van der Waals surface area (Å²) in [7, 11) is 2.98. The van der Waals surface area contributed by atoms with Gasteiger partial charge in [0.15, 0.2) is 0 Å². The SMILES string of the molecule is COc1ncc(OC)c2c(C(=O)C(=O)N3CCC(=C(c4ccccc4)c4ncco4)CC3)c[nH]c12. The van der Waals surface area contributed by atoms with Crippen LogP contribution in [0.2, 0.25) is 0 Å². The van der Waals surface area contributed by atoms with Crippen LogP contribution in [-0.4, -0.2) is 58.9 Å². The van der Waals surface area contributed by atoms with Crippen molar-refractivity contribution in [3.63, 3.8) is 0 Å². The van der Waals surface area contributed by atoms with Gasteiger partial charge in [-0.25, -0.2) is 9.97 Å². The molecule has 1 amide bonds. The quantitative estimate of drug-likeness (QED) is 0.335. The smallest absolute Gasteiger partial charge is 0.295 e. The van der Waals surface area contributed by atoms with Crippen LogP contribution >= 0.6 is 0 Å². The maximum Gasteiger partial charge on any atom is 0.295 e. The molecule has 3 aromatic heterocycles. The fourth-order valence-electron chi connectivity index (χ4n) is 4.50. The average molecular weight is 473 g/mol. The number of carbonyl (C=O) groups excluding carboxylic acids is 2. The molecule has 0 spiro atoms. The number of aromatic amines is 1. The number of pyridine rings is 1. The van der Waals surface area contributed by atoms with Gasteiger partial charge in [-0.05, 0) is 18.4 Å². The zero-order valence-corrected chi connectivity index (χ0v) is 19.4. The lowest BCUT2D eigenvalue weighted by atomic mass is 9.92. The molecule has 0 unspecified atom stereocenters. The lowest BCUT2D eigenvalue weighted by Gasteiger charge is -2.29. The molecule has 1 fully saturated rings. The number of nitrogens with zero attached hydrogens (tertiary/aromatic N) is 3. The zero-order valence-electron chi connectivity index (χ0n) is 19.4. The Kier molecular flexibility index (Phi) is 6.05. The van der Waals surface area contributed by atoms with Gasteiger partial charge >= 0.3 is 0 Å². The Morgan fingerprint density at radius 2 is 1.83 bits per heavy atom. The van der Waals surface area contributed by atoms with Gasteiger partial charge in [0.1, 0.15) is 17.5 Å². The number of rotatable bonds is 6. The standard InChI is InChI=1S/C26H24N4O5/c1-33-19-15-29-25(34-2)22-21(19)18(14-28-22)23(31)26(32)30-11-8-17(9-12-30)20(24-27-10-13-35-24)16-6-4-3-5-7-16/h3-7,10,13-15,28H,8-9,11-12H2,1-2H3. The van der Waals surface area contributed by atoms with Gasteiger partial charge in [0, 0.05) is 24.9 Å². The van der Waals surface area contributed by atoms with Crippen molar-refractivity contribution in [1.29, 1.82) is 0 Å². The minimum Gasteiger partial charge on any atom is -0.494 e. The highest BCUT2D eigenvalue weighted by Gasteiger charge is 2.30. The second-order valence-electron chi connectivity index (χ2n) is 8.09. The van der Waals surface area contributed by atoms with Crippen molar-refractivity contribution in [2.75, 3.05) is 27.3 Å². The molecular formula is C26H24N4O5. The first-order valence-corrected chi connectivity index (χ1v) is 11.2. The number of hydrogen-bond acceptors (Lipinski definition) is 7. The van der Waals surface area contributed by atoms with Crippen LogP contribution in [0.4, 0.5) is 0 Å². The molecule has 0 saturated carbocycles. The lowest BCUT2D eigenvalue weighted by molar-refractivity contribution is -0.126. The van der Waals surface area contributed by atoms with Crippen molar-refractivity contribution in [1.82, 2.24) is 19.9 Å². The molecule has 1 aromatic carbocycles. The van der Waals surface area contributed by atoms with Crippen LogP contribution in [0.25, 0.3) is 16.5 Å². The number of aromatic nitrogens is 3. The normalized spacial score (nSPS) is 13.7. The molecule has 9 heteroatoms. The van der Waals surface area contributed by atoms with Gasteiger partial charge in [0.25, 0.3) is 11.7 Å². The van der Waals surface area contributed by atoms with E-state index < -0.39 is 11.7 Å². The number of benzene rings is 1. The van der Waals surface area contributed by atoms with Crippen LogP contribution in [0.3, 0.4) is 0 Å². The second kappa shape index (κ2) is 9.46. The number of fused-ring (bicyclic) bond motifs is 1.